The molecule has 0 spiro atoms. The number of esters is 1. The number of aromatic hydroxyl groups is 4. The van der Waals surface area contributed by atoms with Gasteiger partial charge in [0, 0.05) is 6.08 Å². The molecule has 0 bridgehead atoms. The molecule has 4 heterocycles. The van der Waals surface area contributed by atoms with Gasteiger partial charge in [0.1, 0.15) is 79.4 Å². The number of rotatable bonds is 15. The SMILES string of the molecule is O=C(C=Cc1ccc(O)c(O)c1)OC1C(COC2OCC(O)C(O)C2O)OC(OCCc2ccc(O)c(O)c2)C(OC2OCC(O)C(O)C2O)C1OC1OC(CO)C(O)C(O)C1O. The molecule has 0 radical (unpaired) electrons. The van der Waals surface area contributed by atoms with E-state index in [0.717, 1.165) is 18.2 Å². The van der Waals surface area contributed by atoms with E-state index in [1.54, 1.807) is 0 Å². The van der Waals surface area contributed by atoms with Gasteiger partial charge in [-0.05, 0) is 47.9 Å². The van der Waals surface area contributed by atoms with Crippen molar-refractivity contribution in [3.05, 3.63) is 53.6 Å². The van der Waals surface area contributed by atoms with E-state index in [4.69, 9.17) is 42.6 Å². The highest BCUT2D eigenvalue weighted by atomic mass is 16.8. The summed E-state index contributed by atoms with van der Waals surface area (Å²) in [6.07, 6.45) is -30.0. The highest BCUT2D eigenvalue weighted by Gasteiger charge is 2.56. The minimum absolute atomic E-state index is 0.0195. The second-order valence-electron chi connectivity index (χ2n) is 15.2. The summed E-state index contributed by atoms with van der Waals surface area (Å²) in [7, 11) is 0. The maximum atomic E-state index is 13.7. The van der Waals surface area contributed by atoms with Gasteiger partial charge in [-0.2, -0.15) is 0 Å². The van der Waals surface area contributed by atoms with Crippen LogP contribution in [-0.2, 0) is 53.8 Å². The molecule has 24 nitrogen and oxygen atoms in total. The van der Waals surface area contributed by atoms with Gasteiger partial charge in [0.15, 0.2) is 54.3 Å². The molecule has 0 aromatic heterocycles. The van der Waals surface area contributed by atoms with E-state index in [0.29, 0.717) is 5.56 Å². The van der Waals surface area contributed by atoms with E-state index in [-0.39, 0.29) is 18.6 Å². The zero-order chi connectivity index (χ0) is 45.7. The molecule has 2 aromatic carbocycles. The van der Waals surface area contributed by atoms with Gasteiger partial charge in [-0.1, -0.05) is 12.1 Å². The lowest BCUT2D eigenvalue weighted by Gasteiger charge is -2.49. The average Bonchev–Trinajstić information content (AvgIpc) is 3.26. The zero-order valence-electron chi connectivity index (χ0n) is 33.1. The van der Waals surface area contributed by atoms with E-state index >= 15 is 0 Å². The number of phenolic OH excluding ortho intramolecular Hbond substituents is 4. The van der Waals surface area contributed by atoms with E-state index < -0.39 is 166 Å². The first-order valence-electron chi connectivity index (χ1n) is 19.7. The van der Waals surface area contributed by atoms with Crippen molar-refractivity contribution < 1.29 is 119 Å². The monoisotopic (exact) mass is 904 g/mol. The molecule has 4 saturated heterocycles. The van der Waals surface area contributed by atoms with Crippen molar-refractivity contribution in [1.82, 2.24) is 0 Å². The molecular formula is C39H52O24. The maximum Gasteiger partial charge on any atom is 0.331 e. The minimum Gasteiger partial charge on any atom is -0.504 e. The van der Waals surface area contributed by atoms with Gasteiger partial charge in [-0.15, -0.1) is 0 Å². The molecule has 0 aliphatic carbocycles. The molecule has 6 rings (SSSR count). The third-order valence-corrected chi connectivity index (χ3v) is 10.7. The number of ether oxygens (including phenoxy) is 9. The molecule has 14 N–H and O–H groups in total. The molecule has 352 valence electrons. The molecule has 63 heavy (non-hydrogen) atoms. The molecule has 18 atom stereocenters. The summed E-state index contributed by atoms with van der Waals surface area (Å²) in [6.45, 7) is -2.95. The fourth-order valence-electron chi connectivity index (χ4n) is 7.09. The van der Waals surface area contributed by atoms with Crippen LogP contribution in [0.25, 0.3) is 6.08 Å². The summed E-state index contributed by atoms with van der Waals surface area (Å²) in [4.78, 5) is 13.7. The van der Waals surface area contributed by atoms with Crippen molar-refractivity contribution in [3.8, 4) is 23.0 Å². The fourth-order valence-corrected chi connectivity index (χ4v) is 7.09. The van der Waals surface area contributed by atoms with E-state index in [1.165, 1.54) is 30.3 Å². The van der Waals surface area contributed by atoms with Crippen molar-refractivity contribution in [2.45, 2.75) is 117 Å². The lowest BCUT2D eigenvalue weighted by molar-refractivity contribution is -0.389. The molecule has 4 aliphatic heterocycles. The average molecular weight is 905 g/mol. The summed E-state index contributed by atoms with van der Waals surface area (Å²) in [5.41, 5.74) is 0.654. The molecular weight excluding hydrogens is 852 g/mol. The molecule has 2 aromatic rings. The van der Waals surface area contributed by atoms with Crippen molar-refractivity contribution in [1.29, 1.82) is 0 Å². The Morgan fingerprint density at radius 1 is 0.603 bits per heavy atom. The molecule has 0 saturated carbocycles. The van der Waals surface area contributed by atoms with Gasteiger partial charge in [0.2, 0.25) is 0 Å². The Balaban J connectivity index is 1.39. The first-order chi connectivity index (χ1) is 30.0. The topological polar surface area (TPSA) is 383 Å². The summed E-state index contributed by atoms with van der Waals surface area (Å²) in [6, 6.07) is 7.56. The highest BCUT2D eigenvalue weighted by Crippen LogP contribution is 2.36. The van der Waals surface area contributed by atoms with Gasteiger partial charge >= 0.3 is 5.97 Å². The van der Waals surface area contributed by atoms with E-state index in [9.17, 15) is 76.3 Å². The smallest absolute Gasteiger partial charge is 0.331 e. The molecule has 4 fully saturated rings. The summed E-state index contributed by atoms with van der Waals surface area (Å²) >= 11 is 0. The normalized spacial score (nSPS) is 38.7. The first kappa shape index (κ1) is 48.6. The van der Waals surface area contributed by atoms with E-state index in [1.807, 2.05) is 0 Å². The van der Waals surface area contributed by atoms with Crippen molar-refractivity contribution in [2.24, 2.45) is 0 Å². The number of hydrogen-bond acceptors (Lipinski definition) is 24. The Kier molecular flexibility index (Phi) is 16.5. The standard InChI is InChI=1S/C39H52O24/c40-11-23-28(50)29(51)32(54)38(59-23)62-34-33(61-25(47)6-3-15-1-4-17(41)19(43)9-15)24(14-58-36-30(52)26(48)21(45)12-56-36)60-39(55-8-7-16-2-5-18(42)20(44)10-16)35(34)63-37-31(53)27(49)22(46)13-57-37/h1-6,9-10,21-24,26-46,48-54H,7-8,11-14H2. The van der Waals surface area contributed by atoms with Crippen LogP contribution < -0.4 is 0 Å². The number of aliphatic hydroxyl groups excluding tert-OH is 10. The second-order valence-corrected chi connectivity index (χ2v) is 15.2. The highest BCUT2D eigenvalue weighted by molar-refractivity contribution is 5.87. The number of carbonyl (C=O) groups excluding carboxylic acids is 1. The van der Waals surface area contributed by atoms with Gasteiger partial charge in [0.25, 0.3) is 0 Å². The Hall–Kier alpha value is -3.87. The van der Waals surface area contributed by atoms with Crippen molar-refractivity contribution in [2.75, 3.05) is 33.0 Å². The minimum atomic E-state index is -2.08. The number of phenols is 4. The number of hydrogen-bond donors (Lipinski definition) is 14. The Morgan fingerprint density at radius 2 is 1.19 bits per heavy atom. The number of aliphatic hydroxyl groups is 10. The predicted octanol–water partition coefficient (Wildman–Crippen LogP) is -5.12. The van der Waals surface area contributed by atoms with Gasteiger partial charge in [-0.3, -0.25) is 0 Å². The molecule has 4 aliphatic rings. The molecule has 18 unspecified atom stereocenters. The first-order valence-corrected chi connectivity index (χ1v) is 19.7. The fraction of sp³-hybridized carbons (Fsp3) is 0.615. The lowest BCUT2D eigenvalue weighted by Crippen LogP contribution is -2.67. The van der Waals surface area contributed by atoms with Gasteiger partial charge < -0.3 is 114 Å². The second kappa shape index (κ2) is 21.4. The third kappa shape index (κ3) is 11.5. The summed E-state index contributed by atoms with van der Waals surface area (Å²) in [5.74, 6) is -2.96. The van der Waals surface area contributed by atoms with E-state index in [2.05, 4.69) is 0 Å². The van der Waals surface area contributed by atoms with Crippen LogP contribution >= 0.6 is 0 Å². The van der Waals surface area contributed by atoms with Crippen molar-refractivity contribution in [3.63, 3.8) is 0 Å². The van der Waals surface area contributed by atoms with Crippen LogP contribution in [0.4, 0.5) is 0 Å². The Labute approximate surface area is 357 Å². The largest absolute Gasteiger partial charge is 0.504 e. The van der Waals surface area contributed by atoms with Crippen LogP contribution in [0.5, 0.6) is 23.0 Å². The van der Waals surface area contributed by atoms with Crippen molar-refractivity contribution >= 4 is 12.0 Å². The Bertz CT molecular complexity index is 1830. The quantitative estimate of drug-likeness (QED) is 0.0451. The third-order valence-electron chi connectivity index (χ3n) is 10.7. The van der Waals surface area contributed by atoms with Gasteiger partial charge in [0.05, 0.1) is 33.0 Å². The molecule has 0 amide bonds. The summed E-state index contributed by atoms with van der Waals surface area (Å²) < 4.78 is 52.9. The van der Waals surface area contributed by atoms with Crippen LogP contribution in [0.1, 0.15) is 11.1 Å². The van der Waals surface area contributed by atoms with Gasteiger partial charge in [-0.25, -0.2) is 4.79 Å². The number of benzene rings is 2. The van der Waals surface area contributed by atoms with Crippen LogP contribution in [0.2, 0.25) is 0 Å². The Morgan fingerprint density at radius 3 is 1.84 bits per heavy atom. The van der Waals surface area contributed by atoms with Crippen LogP contribution in [-0.4, -0.2) is 221 Å². The van der Waals surface area contributed by atoms with Crippen LogP contribution in [0.3, 0.4) is 0 Å². The predicted molar refractivity (Wildman–Crippen MR) is 202 cm³/mol. The summed E-state index contributed by atoms with van der Waals surface area (Å²) in [5, 5.41) is 144. The lowest BCUT2D eigenvalue weighted by atomic mass is 9.96. The van der Waals surface area contributed by atoms with Crippen LogP contribution in [0.15, 0.2) is 42.5 Å². The zero-order valence-corrected chi connectivity index (χ0v) is 33.1. The number of carbonyl (C=O) groups is 1. The van der Waals surface area contributed by atoms with Crippen LogP contribution in [0, 0.1) is 0 Å². The maximum absolute atomic E-state index is 13.7. The molecule has 24 heteroatoms.